The van der Waals surface area contributed by atoms with E-state index >= 15 is 0 Å². The minimum absolute atomic E-state index is 0.0109. The van der Waals surface area contributed by atoms with Crippen molar-refractivity contribution in [3.05, 3.63) is 0 Å². The van der Waals surface area contributed by atoms with E-state index in [1.165, 1.54) is 0 Å². The van der Waals surface area contributed by atoms with Crippen LogP contribution in [0.2, 0.25) is 0 Å². The zero-order valence-electron chi connectivity index (χ0n) is 12.4. The van der Waals surface area contributed by atoms with Crippen molar-refractivity contribution >= 4 is 11.8 Å². The van der Waals surface area contributed by atoms with Crippen molar-refractivity contribution in [2.24, 2.45) is 11.3 Å². The van der Waals surface area contributed by atoms with Gasteiger partial charge in [0, 0.05) is 24.9 Å². The maximum absolute atomic E-state index is 12.4. The molecule has 1 saturated carbocycles. The Balaban J connectivity index is 1.52. The van der Waals surface area contributed by atoms with Gasteiger partial charge in [-0.2, -0.15) is 0 Å². The van der Waals surface area contributed by atoms with Crippen LogP contribution in [0.15, 0.2) is 0 Å². The van der Waals surface area contributed by atoms with Crippen LogP contribution in [-0.4, -0.2) is 48.4 Å². The summed E-state index contributed by atoms with van der Waals surface area (Å²) in [5.41, 5.74) is 0.273. The van der Waals surface area contributed by atoms with Crippen molar-refractivity contribution in [2.75, 3.05) is 19.6 Å². The van der Waals surface area contributed by atoms with E-state index in [2.05, 4.69) is 10.6 Å². The second-order valence-electron chi connectivity index (χ2n) is 6.92. The van der Waals surface area contributed by atoms with Gasteiger partial charge >= 0.3 is 0 Å². The number of hydrogen-bond acceptors (Lipinski definition) is 3. The van der Waals surface area contributed by atoms with Crippen LogP contribution in [0.1, 0.15) is 39.5 Å². The summed E-state index contributed by atoms with van der Waals surface area (Å²) in [4.78, 5) is 26.1. The van der Waals surface area contributed by atoms with Gasteiger partial charge in [-0.05, 0) is 51.6 Å². The predicted octanol–water partition coefficient (Wildman–Crippen LogP) is 0.502. The Bertz CT molecular complexity index is 415. The van der Waals surface area contributed by atoms with Gasteiger partial charge in [0.1, 0.15) is 0 Å². The minimum atomic E-state index is 0.0109. The molecule has 0 aromatic heterocycles. The average Bonchev–Trinajstić information content (AvgIpc) is 2.96. The molecule has 2 atom stereocenters. The molecular formula is C15H25N3O2. The summed E-state index contributed by atoms with van der Waals surface area (Å²) in [5.74, 6) is 0.529. The fourth-order valence-electron chi connectivity index (χ4n) is 3.82. The summed E-state index contributed by atoms with van der Waals surface area (Å²) in [6.07, 6.45) is 3.74. The van der Waals surface area contributed by atoms with Gasteiger partial charge in [0.25, 0.3) is 0 Å². The Kier molecular flexibility index (Phi) is 3.48. The summed E-state index contributed by atoms with van der Waals surface area (Å²) in [5, 5.41) is 6.46. The molecule has 1 spiro atoms. The second kappa shape index (κ2) is 5.02. The van der Waals surface area contributed by atoms with Crippen LogP contribution in [-0.2, 0) is 9.59 Å². The molecule has 3 aliphatic rings. The van der Waals surface area contributed by atoms with Gasteiger partial charge in [-0.15, -0.1) is 0 Å². The number of carbonyl (C=O) groups is 2. The molecule has 5 nitrogen and oxygen atoms in total. The number of carbonyl (C=O) groups excluding carboxylic acids is 2. The molecule has 0 aromatic carbocycles. The second-order valence-corrected chi connectivity index (χ2v) is 6.92. The molecule has 2 saturated heterocycles. The smallest absolute Gasteiger partial charge is 0.225 e. The molecule has 3 fully saturated rings. The number of piperidine rings is 1. The summed E-state index contributed by atoms with van der Waals surface area (Å²) in [6, 6.07) is 0.234. The largest absolute Gasteiger partial charge is 0.351 e. The van der Waals surface area contributed by atoms with Gasteiger partial charge in [0.05, 0.1) is 6.04 Å². The average molecular weight is 279 g/mol. The third-order valence-electron chi connectivity index (χ3n) is 5.23. The highest BCUT2D eigenvalue weighted by Crippen LogP contribution is 2.58. The Morgan fingerprint density at radius 2 is 2.10 bits per heavy atom. The molecule has 0 radical (unpaired) electrons. The quantitative estimate of drug-likeness (QED) is 0.791. The third-order valence-corrected chi connectivity index (χ3v) is 5.23. The normalized spacial score (nSPS) is 31.9. The van der Waals surface area contributed by atoms with Crippen LogP contribution in [0.4, 0.5) is 0 Å². The Hall–Kier alpha value is -1.10. The van der Waals surface area contributed by atoms with E-state index in [-0.39, 0.29) is 35.2 Å². The van der Waals surface area contributed by atoms with E-state index in [1.807, 2.05) is 18.7 Å². The molecule has 2 amide bonds. The first kappa shape index (κ1) is 13.9. The van der Waals surface area contributed by atoms with Crippen molar-refractivity contribution in [3.8, 4) is 0 Å². The molecule has 3 rings (SSSR count). The summed E-state index contributed by atoms with van der Waals surface area (Å²) in [7, 11) is 0. The molecule has 0 aromatic rings. The minimum Gasteiger partial charge on any atom is -0.351 e. The van der Waals surface area contributed by atoms with Crippen LogP contribution in [0, 0.1) is 11.3 Å². The van der Waals surface area contributed by atoms with Crippen molar-refractivity contribution < 1.29 is 9.59 Å². The standard InChI is InChI=1S/C15H25N3O2/c1-10(2)18-9-11(7-13(18)19)17-14(20)12-8-15(12)3-5-16-6-4-15/h10-12,16H,3-9H2,1-2H3,(H,17,20). The molecule has 2 unspecified atom stereocenters. The first-order valence-electron chi connectivity index (χ1n) is 7.82. The van der Waals surface area contributed by atoms with Crippen molar-refractivity contribution in [2.45, 2.75) is 51.6 Å². The van der Waals surface area contributed by atoms with Crippen LogP contribution < -0.4 is 10.6 Å². The fraction of sp³-hybridized carbons (Fsp3) is 0.867. The van der Waals surface area contributed by atoms with Gasteiger partial charge in [-0.3, -0.25) is 9.59 Å². The van der Waals surface area contributed by atoms with Crippen LogP contribution in [0.3, 0.4) is 0 Å². The van der Waals surface area contributed by atoms with Crippen molar-refractivity contribution in [3.63, 3.8) is 0 Å². The Morgan fingerprint density at radius 3 is 2.70 bits per heavy atom. The molecule has 112 valence electrons. The molecule has 20 heavy (non-hydrogen) atoms. The molecular weight excluding hydrogens is 254 g/mol. The number of amides is 2. The van der Waals surface area contributed by atoms with Gasteiger partial charge in [-0.25, -0.2) is 0 Å². The van der Waals surface area contributed by atoms with Crippen molar-refractivity contribution in [1.82, 2.24) is 15.5 Å². The number of hydrogen-bond donors (Lipinski definition) is 2. The van der Waals surface area contributed by atoms with Crippen LogP contribution in [0.5, 0.6) is 0 Å². The van der Waals surface area contributed by atoms with Gasteiger partial charge in [0.15, 0.2) is 0 Å². The first-order chi connectivity index (χ1) is 9.52. The predicted molar refractivity (Wildman–Crippen MR) is 76.0 cm³/mol. The van der Waals surface area contributed by atoms with E-state index in [0.29, 0.717) is 13.0 Å². The molecule has 1 aliphatic carbocycles. The zero-order valence-corrected chi connectivity index (χ0v) is 12.4. The number of rotatable bonds is 3. The number of nitrogens with one attached hydrogen (secondary N) is 2. The lowest BCUT2D eigenvalue weighted by molar-refractivity contribution is -0.129. The van der Waals surface area contributed by atoms with E-state index in [9.17, 15) is 9.59 Å². The zero-order chi connectivity index (χ0) is 14.3. The molecule has 2 heterocycles. The van der Waals surface area contributed by atoms with E-state index in [1.54, 1.807) is 0 Å². The van der Waals surface area contributed by atoms with E-state index in [0.717, 1.165) is 32.4 Å². The maximum Gasteiger partial charge on any atom is 0.225 e. The monoisotopic (exact) mass is 279 g/mol. The third kappa shape index (κ3) is 2.43. The molecule has 5 heteroatoms. The lowest BCUT2D eigenvalue weighted by Crippen LogP contribution is -2.41. The highest BCUT2D eigenvalue weighted by Gasteiger charge is 2.57. The Labute approximate surface area is 120 Å². The van der Waals surface area contributed by atoms with Gasteiger partial charge in [-0.1, -0.05) is 0 Å². The van der Waals surface area contributed by atoms with Gasteiger partial charge in [0.2, 0.25) is 11.8 Å². The molecule has 0 bridgehead atoms. The number of likely N-dealkylation sites (tertiary alicyclic amines) is 1. The first-order valence-corrected chi connectivity index (χ1v) is 7.82. The van der Waals surface area contributed by atoms with Crippen LogP contribution >= 0.6 is 0 Å². The van der Waals surface area contributed by atoms with E-state index in [4.69, 9.17) is 0 Å². The highest BCUT2D eigenvalue weighted by molar-refractivity contribution is 5.85. The Morgan fingerprint density at radius 1 is 1.40 bits per heavy atom. The lowest BCUT2D eigenvalue weighted by atomic mass is 9.91. The van der Waals surface area contributed by atoms with Crippen molar-refractivity contribution in [1.29, 1.82) is 0 Å². The maximum atomic E-state index is 12.4. The van der Waals surface area contributed by atoms with E-state index < -0.39 is 0 Å². The molecule has 2 aliphatic heterocycles. The summed E-state index contributed by atoms with van der Waals surface area (Å²) < 4.78 is 0. The van der Waals surface area contributed by atoms with Gasteiger partial charge < -0.3 is 15.5 Å². The molecule has 2 N–H and O–H groups in total. The van der Waals surface area contributed by atoms with Crippen LogP contribution in [0.25, 0.3) is 0 Å². The number of nitrogens with zero attached hydrogens (tertiary/aromatic N) is 1. The fourth-order valence-corrected chi connectivity index (χ4v) is 3.82. The SMILES string of the molecule is CC(C)N1CC(NC(=O)C2CC23CCNCC3)CC1=O. The lowest BCUT2D eigenvalue weighted by Gasteiger charge is -2.24. The topological polar surface area (TPSA) is 61.4 Å². The highest BCUT2D eigenvalue weighted by atomic mass is 16.2. The summed E-state index contributed by atoms with van der Waals surface area (Å²) in [6.45, 7) is 6.78. The summed E-state index contributed by atoms with van der Waals surface area (Å²) >= 11 is 0.